The van der Waals surface area contributed by atoms with Crippen molar-refractivity contribution in [1.29, 1.82) is 0 Å². The van der Waals surface area contributed by atoms with Gasteiger partial charge in [0.15, 0.2) is 0 Å². The van der Waals surface area contributed by atoms with E-state index in [9.17, 15) is 9.90 Å². The Labute approximate surface area is 196 Å². The lowest BCUT2D eigenvalue weighted by molar-refractivity contribution is 0.122. The highest BCUT2D eigenvalue weighted by Crippen LogP contribution is 2.37. The number of anilines is 1. The van der Waals surface area contributed by atoms with Gasteiger partial charge in [0.2, 0.25) is 5.56 Å². The highest BCUT2D eigenvalue weighted by molar-refractivity contribution is 5.94. The number of phenolic OH excluding ortho intramolecular Hbond substituents is 1. The van der Waals surface area contributed by atoms with Crippen LogP contribution < -0.4 is 10.5 Å². The number of benzene rings is 2. The normalized spacial score (nSPS) is 15.0. The molecule has 1 unspecified atom stereocenters. The molecule has 7 nitrogen and oxygen atoms in total. The number of ether oxygens (including phenoxy) is 1. The van der Waals surface area contributed by atoms with Crippen LogP contribution in [0.1, 0.15) is 24.1 Å². The fourth-order valence-electron chi connectivity index (χ4n) is 4.56. The largest absolute Gasteiger partial charge is 0.508 e. The van der Waals surface area contributed by atoms with E-state index in [1.807, 2.05) is 31.2 Å². The van der Waals surface area contributed by atoms with Crippen molar-refractivity contribution < 1.29 is 14.2 Å². The summed E-state index contributed by atoms with van der Waals surface area (Å²) in [5.74, 6) is -1.09. The predicted octanol–water partition coefficient (Wildman–Crippen LogP) is 3.83. The number of aromatic hydroxyl groups is 1. The van der Waals surface area contributed by atoms with Crippen LogP contribution in [-0.4, -0.2) is 45.9 Å². The van der Waals surface area contributed by atoms with Gasteiger partial charge >= 0.3 is 0 Å². The summed E-state index contributed by atoms with van der Waals surface area (Å²) in [7, 11) is 1.68. The minimum atomic E-state index is -0.576. The number of morpholine rings is 1. The average Bonchev–Trinajstić information content (AvgIpc) is 2.85. The van der Waals surface area contributed by atoms with Gasteiger partial charge in [-0.05, 0) is 30.3 Å². The van der Waals surface area contributed by atoms with Gasteiger partial charge in [0, 0.05) is 66.1 Å². The number of nitrogens with zero attached hydrogens (tertiary/aromatic N) is 4. The molecule has 5 rings (SSSR count). The molecule has 1 atom stereocenters. The predicted molar refractivity (Wildman–Crippen MR) is 129 cm³/mol. The zero-order valence-corrected chi connectivity index (χ0v) is 19.0. The van der Waals surface area contributed by atoms with Gasteiger partial charge in [-0.3, -0.25) is 4.79 Å². The van der Waals surface area contributed by atoms with Gasteiger partial charge < -0.3 is 19.3 Å². The third-order valence-electron chi connectivity index (χ3n) is 6.50. The van der Waals surface area contributed by atoms with Crippen molar-refractivity contribution >= 4 is 16.6 Å². The van der Waals surface area contributed by atoms with E-state index in [1.165, 1.54) is 17.0 Å². The lowest BCUT2D eigenvalue weighted by Crippen LogP contribution is -2.36. The summed E-state index contributed by atoms with van der Waals surface area (Å²) in [6, 6.07) is 13.6. The Kier molecular flexibility index (Phi) is 5.75. The van der Waals surface area contributed by atoms with Crippen LogP contribution in [0.15, 0.2) is 59.7 Å². The molecule has 2 aromatic carbocycles. The number of rotatable bonds is 4. The summed E-state index contributed by atoms with van der Waals surface area (Å²) in [6.07, 6.45) is 1.43. The molecule has 1 fully saturated rings. The second kappa shape index (κ2) is 8.87. The molecule has 1 aliphatic heterocycles. The molecule has 0 saturated carbocycles. The number of pyridine rings is 1. The molecule has 34 heavy (non-hydrogen) atoms. The van der Waals surface area contributed by atoms with Gasteiger partial charge in [-0.15, -0.1) is 0 Å². The number of hydrogen-bond donors (Lipinski definition) is 1. The summed E-state index contributed by atoms with van der Waals surface area (Å²) < 4.78 is 22.1. The van der Waals surface area contributed by atoms with Crippen LogP contribution in [0.5, 0.6) is 5.75 Å². The van der Waals surface area contributed by atoms with Gasteiger partial charge in [0.1, 0.15) is 17.9 Å². The Bertz CT molecular complexity index is 1430. The van der Waals surface area contributed by atoms with E-state index < -0.39 is 5.82 Å². The SMILES string of the molecule is CC(c1cc(-c2ncnc3cc(N4CCOCC4)ccc23)c(F)cc1O)c1cccc(=O)n1C. The fourth-order valence-corrected chi connectivity index (χ4v) is 4.56. The van der Waals surface area contributed by atoms with Crippen molar-refractivity contribution in [2.24, 2.45) is 7.05 Å². The highest BCUT2D eigenvalue weighted by atomic mass is 19.1. The van der Waals surface area contributed by atoms with E-state index in [-0.39, 0.29) is 22.8 Å². The van der Waals surface area contributed by atoms with Gasteiger partial charge in [0.05, 0.1) is 24.4 Å². The van der Waals surface area contributed by atoms with E-state index in [0.717, 1.165) is 30.2 Å². The molecule has 0 radical (unpaired) electrons. The maximum Gasteiger partial charge on any atom is 0.250 e. The summed E-state index contributed by atoms with van der Waals surface area (Å²) in [6.45, 7) is 4.84. The molecule has 0 bridgehead atoms. The van der Waals surface area contributed by atoms with Crippen LogP contribution in [0.4, 0.5) is 10.1 Å². The Morgan fingerprint density at radius 3 is 2.68 bits per heavy atom. The molecule has 4 aromatic rings. The number of phenols is 1. The van der Waals surface area contributed by atoms with Crippen LogP contribution in [0.3, 0.4) is 0 Å². The molecule has 2 aromatic heterocycles. The lowest BCUT2D eigenvalue weighted by atomic mass is 9.92. The minimum absolute atomic E-state index is 0.149. The standard InChI is InChI=1S/C26H25FN4O3/c1-16(23-4-3-5-25(33)30(23)2)19-13-20(21(27)14-24(19)32)26-18-7-6-17(12-22(18)28-15-29-26)31-8-10-34-11-9-31/h3-7,12-16,32H,8-11H2,1-2H3. The smallest absolute Gasteiger partial charge is 0.250 e. The Hall–Kier alpha value is -3.78. The second-order valence-electron chi connectivity index (χ2n) is 8.48. The lowest BCUT2D eigenvalue weighted by Gasteiger charge is -2.29. The maximum atomic E-state index is 15.1. The van der Waals surface area contributed by atoms with Crippen LogP contribution >= 0.6 is 0 Å². The van der Waals surface area contributed by atoms with Crippen LogP contribution in [0, 0.1) is 5.82 Å². The van der Waals surface area contributed by atoms with Crippen molar-refractivity contribution in [1.82, 2.24) is 14.5 Å². The van der Waals surface area contributed by atoms with Gasteiger partial charge in [-0.1, -0.05) is 13.0 Å². The molecule has 1 saturated heterocycles. The maximum absolute atomic E-state index is 15.1. The first-order valence-electron chi connectivity index (χ1n) is 11.2. The van der Waals surface area contributed by atoms with Crippen LogP contribution in [0.25, 0.3) is 22.2 Å². The number of halogens is 1. The Balaban J connectivity index is 1.60. The first-order valence-corrected chi connectivity index (χ1v) is 11.2. The zero-order valence-electron chi connectivity index (χ0n) is 19.0. The number of fused-ring (bicyclic) bond motifs is 1. The zero-order chi connectivity index (χ0) is 23.8. The highest BCUT2D eigenvalue weighted by Gasteiger charge is 2.21. The Morgan fingerprint density at radius 2 is 1.88 bits per heavy atom. The molecule has 174 valence electrons. The van der Waals surface area contributed by atoms with Gasteiger partial charge in [-0.2, -0.15) is 0 Å². The quantitative estimate of drug-likeness (QED) is 0.499. The van der Waals surface area contributed by atoms with E-state index in [4.69, 9.17) is 4.74 Å². The topological polar surface area (TPSA) is 80.5 Å². The molecule has 8 heteroatoms. The van der Waals surface area contributed by atoms with Gasteiger partial charge in [-0.25, -0.2) is 14.4 Å². The second-order valence-corrected chi connectivity index (χ2v) is 8.48. The molecular weight excluding hydrogens is 435 g/mol. The van der Waals surface area contributed by atoms with E-state index >= 15 is 4.39 Å². The monoisotopic (exact) mass is 460 g/mol. The van der Waals surface area contributed by atoms with E-state index in [2.05, 4.69) is 14.9 Å². The van der Waals surface area contributed by atoms with Crippen molar-refractivity contribution in [2.45, 2.75) is 12.8 Å². The third-order valence-corrected chi connectivity index (χ3v) is 6.50. The van der Waals surface area contributed by atoms with Gasteiger partial charge in [0.25, 0.3) is 0 Å². The van der Waals surface area contributed by atoms with Crippen LogP contribution in [-0.2, 0) is 11.8 Å². The molecule has 0 spiro atoms. The summed E-state index contributed by atoms with van der Waals surface area (Å²) in [5.41, 5.74) is 3.53. The van der Waals surface area contributed by atoms with Crippen molar-refractivity contribution in [3.63, 3.8) is 0 Å². The van der Waals surface area contributed by atoms with Crippen molar-refractivity contribution in [2.75, 3.05) is 31.2 Å². The average molecular weight is 461 g/mol. The van der Waals surface area contributed by atoms with Crippen molar-refractivity contribution in [3.05, 3.63) is 82.3 Å². The first kappa shape index (κ1) is 22.0. The summed E-state index contributed by atoms with van der Waals surface area (Å²) >= 11 is 0. The molecule has 3 heterocycles. The molecule has 0 amide bonds. The molecule has 1 aliphatic rings. The summed E-state index contributed by atoms with van der Waals surface area (Å²) in [4.78, 5) is 23.1. The summed E-state index contributed by atoms with van der Waals surface area (Å²) in [5, 5.41) is 11.3. The number of aromatic nitrogens is 3. The van der Waals surface area contributed by atoms with E-state index in [1.54, 1.807) is 19.2 Å². The molecular formula is C26H25FN4O3. The van der Waals surface area contributed by atoms with Crippen molar-refractivity contribution in [3.8, 4) is 17.0 Å². The minimum Gasteiger partial charge on any atom is -0.508 e. The third kappa shape index (κ3) is 3.90. The van der Waals surface area contributed by atoms with E-state index in [0.29, 0.717) is 35.7 Å². The van der Waals surface area contributed by atoms with Crippen LogP contribution in [0.2, 0.25) is 0 Å². The molecule has 1 N–H and O–H groups in total. The first-order chi connectivity index (χ1) is 16.4. The molecule has 0 aliphatic carbocycles. The fraction of sp³-hybridized carbons (Fsp3) is 0.269. The number of hydrogen-bond acceptors (Lipinski definition) is 6. The Morgan fingerprint density at radius 1 is 1.09 bits per heavy atom.